The molecule has 0 bridgehead atoms. The predicted octanol–water partition coefficient (Wildman–Crippen LogP) is 3.28. The molecule has 0 atom stereocenters. The standard InChI is InChI=1S/C22H31N5O3/c1-17-24-20(26-30-17)22(13-8-3-4-9-14-22)25-19(28)12-15-23-21(29)27(2)16-18-10-6-5-7-11-18/h5-7,10-11H,3-4,8-9,12-16H2,1-2H3,(H,23,29)(H,25,28). The van der Waals surface area contributed by atoms with Gasteiger partial charge in [0.2, 0.25) is 11.8 Å². The molecule has 8 heteroatoms. The van der Waals surface area contributed by atoms with E-state index >= 15 is 0 Å². The van der Waals surface area contributed by atoms with Crippen molar-refractivity contribution in [2.45, 2.75) is 64.0 Å². The minimum atomic E-state index is -0.584. The average Bonchev–Trinajstić information content (AvgIpc) is 3.04. The quantitative estimate of drug-likeness (QED) is 0.679. The Morgan fingerprint density at radius 1 is 1.13 bits per heavy atom. The fourth-order valence-corrected chi connectivity index (χ4v) is 3.91. The van der Waals surface area contributed by atoms with Gasteiger partial charge in [0.05, 0.1) is 0 Å². The van der Waals surface area contributed by atoms with Gasteiger partial charge < -0.3 is 20.1 Å². The fraction of sp³-hybridized carbons (Fsp3) is 0.545. The van der Waals surface area contributed by atoms with E-state index in [1.165, 1.54) is 0 Å². The van der Waals surface area contributed by atoms with E-state index in [0.29, 0.717) is 18.3 Å². The molecule has 30 heavy (non-hydrogen) atoms. The zero-order valence-electron chi connectivity index (χ0n) is 17.8. The van der Waals surface area contributed by atoms with Crippen LogP contribution < -0.4 is 10.6 Å². The van der Waals surface area contributed by atoms with Gasteiger partial charge in [-0.3, -0.25) is 4.79 Å². The second-order valence-electron chi connectivity index (χ2n) is 8.01. The zero-order valence-corrected chi connectivity index (χ0v) is 17.8. The molecule has 0 saturated heterocycles. The van der Waals surface area contributed by atoms with Crippen molar-refractivity contribution < 1.29 is 14.1 Å². The molecule has 3 rings (SSSR count). The molecule has 1 fully saturated rings. The highest BCUT2D eigenvalue weighted by Crippen LogP contribution is 2.34. The molecular formula is C22H31N5O3. The van der Waals surface area contributed by atoms with Crippen molar-refractivity contribution in [2.24, 2.45) is 0 Å². The van der Waals surface area contributed by atoms with Crippen LogP contribution in [-0.4, -0.2) is 40.6 Å². The van der Waals surface area contributed by atoms with Gasteiger partial charge in [0.1, 0.15) is 5.54 Å². The summed E-state index contributed by atoms with van der Waals surface area (Å²) in [7, 11) is 1.74. The zero-order chi connectivity index (χ0) is 21.4. The molecule has 1 saturated carbocycles. The first-order chi connectivity index (χ1) is 14.5. The molecule has 0 aliphatic heterocycles. The Labute approximate surface area is 177 Å². The molecule has 1 aliphatic carbocycles. The van der Waals surface area contributed by atoms with E-state index in [2.05, 4.69) is 20.8 Å². The molecule has 1 aromatic carbocycles. The summed E-state index contributed by atoms with van der Waals surface area (Å²) in [6.07, 6.45) is 6.08. The van der Waals surface area contributed by atoms with Crippen molar-refractivity contribution >= 4 is 11.9 Å². The van der Waals surface area contributed by atoms with E-state index in [0.717, 1.165) is 44.1 Å². The lowest BCUT2D eigenvalue weighted by molar-refractivity contribution is -0.123. The van der Waals surface area contributed by atoms with E-state index in [1.54, 1.807) is 18.9 Å². The number of carbonyl (C=O) groups excluding carboxylic acids is 2. The molecule has 1 heterocycles. The van der Waals surface area contributed by atoms with Crippen LogP contribution in [0.4, 0.5) is 4.79 Å². The number of benzene rings is 1. The van der Waals surface area contributed by atoms with Crippen LogP contribution >= 0.6 is 0 Å². The third-order valence-corrected chi connectivity index (χ3v) is 5.53. The molecule has 1 aromatic heterocycles. The van der Waals surface area contributed by atoms with E-state index in [-0.39, 0.29) is 24.9 Å². The molecule has 0 radical (unpaired) electrons. The first-order valence-corrected chi connectivity index (χ1v) is 10.6. The maximum atomic E-state index is 12.7. The van der Waals surface area contributed by atoms with E-state index in [9.17, 15) is 9.59 Å². The van der Waals surface area contributed by atoms with Gasteiger partial charge in [0.25, 0.3) is 0 Å². The minimum Gasteiger partial charge on any atom is -0.343 e. The normalized spacial score (nSPS) is 15.8. The number of nitrogens with one attached hydrogen (secondary N) is 2. The second kappa shape index (κ2) is 10.2. The third kappa shape index (κ3) is 5.81. The Kier molecular flexibility index (Phi) is 7.43. The Hall–Kier alpha value is -2.90. The number of hydrogen-bond donors (Lipinski definition) is 2. The van der Waals surface area contributed by atoms with Crippen molar-refractivity contribution in [3.05, 3.63) is 47.6 Å². The van der Waals surface area contributed by atoms with E-state index in [4.69, 9.17) is 4.52 Å². The van der Waals surface area contributed by atoms with Crippen LogP contribution in [0, 0.1) is 6.92 Å². The molecule has 1 aliphatic rings. The summed E-state index contributed by atoms with van der Waals surface area (Å²) in [5.74, 6) is 0.934. The van der Waals surface area contributed by atoms with Gasteiger partial charge in [0.15, 0.2) is 5.82 Å². The number of nitrogens with zero attached hydrogens (tertiary/aromatic N) is 3. The van der Waals surface area contributed by atoms with Gasteiger partial charge in [-0.25, -0.2) is 4.79 Å². The highest BCUT2D eigenvalue weighted by molar-refractivity contribution is 5.78. The lowest BCUT2D eigenvalue weighted by Crippen LogP contribution is -2.47. The highest BCUT2D eigenvalue weighted by atomic mass is 16.5. The monoisotopic (exact) mass is 413 g/mol. The van der Waals surface area contributed by atoms with Crippen molar-refractivity contribution in [1.29, 1.82) is 0 Å². The smallest absolute Gasteiger partial charge is 0.317 e. The summed E-state index contributed by atoms with van der Waals surface area (Å²) in [4.78, 5) is 31.0. The van der Waals surface area contributed by atoms with Crippen LogP contribution in [-0.2, 0) is 16.9 Å². The Bertz CT molecular complexity index is 828. The number of rotatable bonds is 7. The van der Waals surface area contributed by atoms with E-state index in [1.807, 2.05) is 30.3 Å². The average molecular weight is 414 g/mol. The topological polar surface area (TPSA) is 100 Å². The summed E-state index contributed by atoms with van der Waals surface area (Å²) in [5, 5.41) is 10.1. The van der Waals surface area contributed by atoms with Gasteiger partial charge in [-0.2, -0.15) is 4.98 Å². The Morgan fingerprint density at radius 2 is 1.83 bits per heavy atom. The molecule has 162 valence electrons. The van der Waals surface area contributed by atoms with Gasteiger partial charge in [-0.1, -0.05) is 61.2 Å². The minimum absolute atomic E-state index is 0.120. The van der Waals surface area contributed by atoms with Gasteiger partial charge >= 0.3 is 6.03 Å². The molecule has 0 spiro atoms. The number of aromatic nitrogens is 2. The number of carbonyl (C=O) groups is 2. The first kappa shape index (κ1) is 21.8. The lowest BCUT2D eigenvalue weighted by Gasteiger charge is -2.30. The largest absolute Gasteiger partial charge is 0.343 e. The molecular weight excluding hydrogens is 382 g/mol. The predicted molar refractivity (Wildman–Crippen MR) is 112 cm³/mol. The molecule has 2 aromatic rings. The maximum Gasteiger partial charge on any atom is 0.317 e. The summed E-state index contributed by atoms with van der Waals surface area (Å²) in [5.41, 5.74) is 0.470. The molecule has 8 nitrogen and oxygen atoms in total. The van der Waals surface area contributed by atoms with Crippen LogP contribution in [0.5, 0.6) is 0 Å². The number of amides is 3. The summed E-state index contributed by atoms with van der Waals surface area (Å²) < 4.78 is 5.18. The van der Waals surface area contributed by atoms with Gasteiger partial charge in [-0.05, 0) is 18.4 Å². The number of aryl methyl sites for hydroxylation is 1. The lowest BCUT2D eigenvalue weighted by atomic mass is 9.89. The molecule has 0 unspecified atom stereocenters. The highest BCUT2D eigenvalue weighted by Gasteiger charge is 2.38. The Morgan fingerprint density at radius 3 is 2.47 bits per heavy atom. The first-order valence-electron chi connectivity index (χ1n) is 10.6. The van der Waals surface area contributed by atoms with Crippen molar-refractivity contribution in [3.8, 4) is 0 Å². The number of hydrogen-bond acceptors (Lipinski definition) is 5. The summed E-state index contributed by atoms with van der Waals surface area (Å²) in [6.45, 7) is 2.54. The van der Waals surface area contributed by atoms with Gasteiger partial charge in [-0.15, -0.1) is 0 Å². The van der Waals surface area contributed by atoms with Crippen LogP contribution in [0.2, 0.25) is 0 Å². The van der Waals surface area contributed by atoms with Gasteiger partial charge in [0, 0.05) is 33.5 Å². The van der Waals surface area contributed by atoms with Crippen molar-refractivity contribution in [2.75, 3.05) is 13.6 Å². The second-order valence-corrected chi connectivity index (χ2v) is 8.01. The van der Waals surface area contributed by atoms with Crippen molar-refractivity contribution in [1.82, 2.24) is 25.7 Å². The molecule has 2 N–H and O–H groups in total. The summed E-state index contributed by atoms with van der Waals surface area (Å²) >= 11 is 0. The van der Waals surface area contributed by atoms with Crippen LogP contribution in [0.25, 0.3) is 0 Å². The summed E-state index contributed by atoms with van der Waals surface area (Å²) in [6, 6.07) is 9.58. The van der Waals surface area contributed by atoms with E-state index < -0.39 is 5.54 Å². The Balaban J connectivity index is 1.51. The van der Waals surface area contributed by atoms with Crippen LogP contribution in [0.1, 0.15) is 62.2 Å². The SMILES string of the molecule is Cc1nc(C2(NC(=O)CCNC(=O)N(C)Cc3ccccc3)CCCCCC2)no1. The van der Waals surface area contributed by atoms with Crippen LogP contribution in [0.3, 0.4) is 0 Å². The maximum absolute atomic E-state index is 12.7. The number of urea groups is 1. The third-order valence-electron chi connectivity index (χ3n) is 5.53. The molecule has 3 amide bonds. The van der Waals surface area contributed by atoms with Crippen LogP contribution in [0.15, 0.2) is 34.9 Å². The fourth-order valence-electron chi connectivity index (χ4n) is 3.91. The van der Waals surface area contributed by atoms with Crippen molar-refractivity contribution in [3.63, 3.8) is 0 Å².